The third kappa shape index (κ3) is 4.22. The van der Waals surface area contributed by atoms with Gasteiger partial charge in [0.25, 0.3) is 0 Å². The van der Waals surface area contributed by atoms with E-state index in [1.807, 2.05) is 11.6 Å². The first-order valence-corrected chi connectivity index (χ1v) is 8.88. The minimum absolute atomic E-state index is 0.493. The molecule has 3 rings (SSSR count). The van der Waals surface area contributed by atoms with E-state index in [1.165, 1.54) is 38.6 Å². The number of hydrogen-bond acceptors (Lipinski definition) is 4. The number of nitrogens with zero attached hydrogens (tertiary/aromatic N) is 5. The molecule has 1 atom stereocenters. The lowest BCUT2D eigenvalue weighted by molar-refractivity contribution is 0.242. The lowest BCUT2D eigenvalue weighted by atomic mass is 10.2. The summed E-state index contributed by atoms with van der Waals surface area (Å²) >= 11 is 0. The Kier molecular flexibility index (Phi) is 5.48. The molecule has 23 heavy (non-hydrogen) atoms. The lowest BCUT2D eigenvalue weighted by Crippen LogP contribution is -2.45. The Labute approximate surface area is 138 Å². The molecule has 1 saturated carbocycles. The van der Waals surface area contributed by atoms with Gasteiger partial charge < -0.3 is 15.2 Å². The normalized spacial score (nSPS) is 23.6. The fraction of sp³-hybridized carbons (Fsp3) is 0.812. The fourth-order valence-electron chi connectivity index (χ4n) is 3.62. The monoisotopic (exact) mass is 319 g/mol. The lowest BCUT2D eigenvalue weighted by Gasteiger charge is -2.24. The second-order valence-electron chi connectivity index (χ2n) is 6.62. The first-order chi connectivity index (χ1) is 11.3. The smallest absolute Gasteiger partial charge is 0.191 e. The highest BCUT2D eigenvalue weighted by Gasteiger charge is 2.30. The number of hydrogen-bond donors (Lipinski definition) is 2. The van der Waals surface area contributed by atoms with E-state index in [0.29, 0.717) is 12.6 Å². The summed E-state index contributed by atoms with van der Waals surface area (Å²) in [6.07, 6.45) is 8.48. The van der Waals surface area contributed by atoms with Crippen LogP contribution in [0.25, 0.3) is 0 Å². The zero-order valence-corrected chi connectivity index (χ0v) is 14.3. The van der Waals surface area contributed by atoms with Crippen molar-refractivity contribution < 1.29 is 0 Å². The molecule has 1 aromatic rings. The summed E-state index contributed by atoms with van der Waals surface area (Å²) < 4.78 is 1.91. The molecule has 2 heterocycles. The van der Waals surface area contributed by atoms with E-state index in [9.17, 15) is 0 Å². The Hall–Kier alpha value is -1.63. The SMILES string of the molecule is CCNC(=NCc1nncn1C)NC1CCN(C2CCCC2)C1. The van der Waals surface area contributed by atoms with Crippen LogP contribution < -0.4 is 10.6 Å². The van der Waals surface area contributed by atoms with Crippen molar-refractivity contribution in [2.75, 3.05) is 19.6 Å². The molecule has 2 N–H and O–H groups in total. The maximum Gasteiger partial charge on any atom is 0.191 e. The summed E-state index contributed by atoms with van der Waals surface area (Å²) in [4.78, 5) is 7.32. The molecule has 0 spiro atoms. The molecule has 0 amide bonds. The molecular weight excluding hydrogens is 290 g/mol. The number of likely N-dealkylation sites (tertiary alicyclic amines) is 1. The number of guanidine groups is 1. The highest BCUT2D eigenvalue weighted by atomic mass is 15.3. The topological polar surface area (TPSA) is 70.4 Å². The van der Waals surface area contributed by atoms with E-state index < -0.39 is 0 Å². The first-order valence-electron chi connectivity index (χ1n) is 8.88. The average molecular weight is 319 g/mol. The molecule has 1 aliphatic heterocycles. The standard InChI is InChI=1S/C16H29N7/c1-3-17-16(18-10-15-21-19-12-22(15)2)20-13-8-9-23(11-13)14-6-4-5-7-14/h12-14H,3-11H2,1-2H3,(H2,17,18,20). The summed E-state index contributed by atoms with van der Waals surface area (Å²) in [6, 6.07) is 1.31. The molecule has 7 nitrogen and oxygen atoms in total. The predicted octanol–water partition coefficient (Wildman–Crippen LogP) is 0.887. The van der Waals surface area contributed by atoms with Crippen LogP contribution in [0.3, 0.4) is 0 Å². The molecule has 7 heteroatoms. The Morgan fingerprint density at radius 3 is 2.87 bits per heavy atom. The maximum atomic E-state index is 4.66. The van der Waals surface area contributed by atoms with Gasteiger partial charge in [0, 0.05) is 38.8 Å². The van der Waals surface area contributed by atoms with Gasteiger partial charge in [-0.15, -0.1) is 10.2 Å². The van der Waals surface area contributed by atoms with E-state index in [-0.39, 0.29) is 0 Å². The second kappa shape index (κ2) is 7.77. The van der Waals surface area contributed by atoms with Gasteiger partial charge in [-0.3, -0.25) is 4.90 Å². The molecule has 1 saturated heterocycles. The number of rotatable bonds is 5. The summed E-state index contributed by atoms with van der Waals surface area (Å²) in [6.45, 7) is 5.86. The van der Waals surface area contributed by atoms with Crippen LogP contribution in [0.4, 0.5) is 0 Å². The van der Waals surface area contributed by atoms with Crippen molar-refractivity contribution in [3.05, 3.63) is 12.2 Å². The van der Waals surface area contributed by atoms with E-state index in [0.717, 1.165) is 30.9 Å². The van der Waals surface area contributed by atoms with Gasteiger partial charge in [0.15, 0.2) is 11.8 Å². The number of aromatic nitrogens is 3. The Balaban J connectivity index is 1.53. The summed E-state index contributed by atoms with van der Waals surface area (Å²) in [5.41, 5.74) is 0. The molecular formula is C16H29N7. The van der Waals surface area contributed by atoms with Gasteiger partial charge in [0.05, 0.1) is 0 Å². The average Bonchev–Trinajstić information content (AvgIpc) is 3.26. The number of nitrogens with one attached hydrogen (secondary N) is 2. The van der Waals surface area contributed by atoms with Gasteiger partial charge in [0.2, 0.25) is 0 Å². The Morgan fingerprint density at radius 1 is 1.35 bits per heavy atom. The third-order valence-corrected chi connectivity index (χ3v) is 4.93. The minimum Gasteiger partial charge on any atom is -0.357 e. The van der Waals surface area contributed by atoms with E-state index in [4.69, 9.17) is 0 Å². The largest absolute Gasteiger partial charge is 0.357 e. The number of aliphatic imine (C=N–C) groups is 1. The molecule has 128 valence electrons. The summed E-state index contributed by atoms with van der Waals surface area (Å²) in [7, 11) is 1.95. The number of aryl methyl sites for hydroxylation is 1. The van der Waals surface area contributed by atoms with E-state index >= 15 is 0 Å². The van der Waals surface area contributed by atoms with Gasteiger partial charge >= 0.3 is 0 Å². The van der Waals surface area contributed by atoms with Crippen molar-refractivity contribution in [1.29, 1.82) is 0 Å². The van der Waals surface area contributed by atoms with Crippen LogP contribution in [-0.2, 0) is 13.6 Å². The van der Waals surface area contributed by atoms with Gasteiger partial charge in [-0.1, -0.05) is 12.8 Å². The zero-order valence-electron chi connectivity index (χ0n) is 14.3. The molecule has 2 aliphatic rings. The van der Waals surface area contributed by atoms with Crippen LogP contribution in [0, 0.1) is 0 Å². The fourth-order valence-corrected chi connectivity index (χ4v) is 3.62. The van der Waals surface area contributed by atoms with Crippen LogP contribution in [0.1, 0.15) is 44.9 Å². The van der Waals surface area contributed by atoms with E-state index in [2.05, 4.69) is 37.6 Å². The third-order valence-electron chi connectivity index (χ3n) is 4.93. The van der Waals surface area contributed by atoms with Gasteiger partial charge in [-0.05, 0) is 26.2 Å². The molecule has 1 aromatic heterocycles. The van der Waals surface area contributed by atoms with Crippen LogP contribution in [0.5, 0.6) is 0 Å². The second-order valence-corrected chi connectivity index (χ2v) is 6.62. The molecule has 0 aromatic carbocycles. The predicted molar refractivity (Wildman–Crippen MR) is 91.2 cm³/mol. The van der Waals surface area contributed by atoms with Crippen LogP contribution in [0.2, 0.25) is 0 Å². The zero-order chi connectivity index (χ0) is 16.1. The maximum absolute atomic E-state index is 4.66. The first kappa shape index (κ1) is 16.2. The van der Waals surface area contributed by atoms with Gasteiger partial charge in [-0.2, -0.15) is 0 Å². The Morgan fingerprint density at radius 2 is 2.17 bits per heavy atom. The van der Waals surface area contributed by atoms with Crippen molar-refractivity contribution >= 4 is 5.96 Å². The molecule has 1 aliphatic carbocycles. The van der Waals surface area contributed by atoms with Crippen LogP contribution >= 0.6 is 0 Å². The quantitative estimate of drug-likeness (QED) is 0.623. The van der Waals surface area contributed by atoms with Crippen LogP contribution in [0.15, 0.2) is 11.3 Å². The molecule has 0 radical (unpaired) electrons. The molecule has 1 unspecified atom stereocenters. The van der Waals surface area contributed by atoms with Gasteiger partial charge in [0.1, 0.15) is 12.9 Å². The van der Waals surface area contributed by atoms with Crippen molar-refractivity contribution in [2.24, 2.45) is 12.0 Å². The van der Waals surface area contributed by atoms with E-state index in [1.54, 1.807) is 6.33 Å². The van der Waals surface area contributed by atoms with Crippen molar-refractivity contribution in [2.45, 2.75) is 57.7 Å². The minimum atomic E-state index is 0.493. The van der Waals surface area contributed by atoms with Crippen molar-refractivity contribution in [3.63, 3.8) is 0 Å². The van der Waals surface area contributed by atoms with Gasteiger partial charge in [-0.25, -0.2) is 4.99 Å². The van der Waals surface area contributed by atoms with Crippen molar-refractivity contribution in [1.82, 2.24) is 30.3 Å². The molecule has 0 bridgehead atoms. The summed E-state index contributed by atoms with van der Waals surface area (Å²) in [5, 5.41) is 14.9. The highest BCUT2D eigenvalue weighted by molar-refractivity contribution is 5.80. The highest BCUT2D eigenvalue weighted by Crippen LogP contribution is 2.26. The van der Waals surface area contributed by atoms with Crippen LogP contribution in [-0.4, -0.2) is 57.3 Å². The molecule has 2 fully saturated rings. The Bertz CT molecular complexity index is 518. The summed E-state index contributed by atoms with van der Waals surface area (Å²) in [5.74, 6) is 1.76. The van der Waals surface area contributed by atoms with Crippen molar-refractivity contribution in [3.8, 4) is 0 Å².